The molecular formula is C29H27ClN2O3. The Labute approximate surface area is 211 Å². The van der Waals surface area contributed by atoms with E-state index in [4.69, 9.17) is 21.1 Å². The average molecular weight is 487 g/mol. The normalized spacial score (nSPS) is 10.9. The largest absolute Gasteiger partial charge is 0.493 e. The summed E-state index contributed by atoms with van der Waals surface area (Å²) in [6.07, 6.45) is 3.81. The standard InChI is InChI=1S/C29H27ClN2O3/c1-5-6-23-13-22(14-24(17-31)29(33)32-25-12-9-20(3)26(30)16-25)15-27(34-4)28(23)35-18-21-10-7-19(2)8-11-21/h5,7-16H,1,6,18H2,2-4H3,(H,32,33)/b24-14-. The van der Waals surface area contributed by atoms with E-state index in [0.29, 0.717) is 40.8 Å². The van der Waals surface area contributed by atoms with Crippen LogP contribution in [0.1, 0.15) is 27.8 Å². The van der Waals surface area contributed by atoms with Crippen LogP contribution in [0.15, 0.2) is 72.8 Å². The summed E-state index contributed by atoms with van der Waals surface area (Å²) in [5.74, 6) is 0.574. The van der Waals surface area contributed by atoms with Crippen LogP contribution in [0.5, 0.6) is 11.5 Å². The number of nitrogens with zero attached hydrogens (tertiary/aromatic N) is 1. The van der Waals surface area contributed by atoms with E-state index in [9.17, 15) is 10.1 Å². The summed E-state index contributed by atoms with van der Waals surface area (Å²) in [7, 11) is 1.55. The summed E-state index contributed by atoms with van der Waals surface area (Å²) in [5, 5.41) is 12.9. The predicted molar refractivity (Wildman–Crippen MR) is 141 cm³/mol. The first-order valence-corrected chi connectivity index (χ1v) is 11.4. The highest BCUT2D eigenvalue weighted by molar-refractivity contribution is 6.31. The molecule has 0 bridgehead atoms. The van der Waals surface area contributed by atoms with Crippen molar-refractivity contribution in [2.45, 2.75) is 26.9 Å². The molecule has 0 saturated carbocycles. The van der Waals surface area contributed by atoms with Gasteiger partial charge in [0, 0.05) is 16.3 Å². The minimum Gasteiger partial charge on any atom is -0.493 e. The SMILES string of the molecule is C=CCc1cc(/C=C(/C#N)C(=O)Nc2ccc(C)c(Cl)c2)cc(OC)c1OCc1ccc(C)cc1. The zero-order valence-electron chi connectivity index (χ0n) is 20.0. The molecule has 178 valence electrons. The monoisotopic (exact) mass is 486 g/mol. The fraction of sp³-hybridized carbons (Fsp3) is 0.172. The van der Waals surface area contributed by atoms with Crippen LogP contribution in [-0.2, 0) is 17.8 Å². The second-order valence-corrected chi connectivity index (χ2v) is 8.47. The average Bonchev–Trinajstić information content (AvgIpc) is 2.85. The van der Waals surface area contributed by atoms with Crippen molar-refractivity contribution in [3.8, 4) is 17.6 Å². The Bertz CT molecular complexity index is 1300. The Hall–Kier alpha value is -4.01. The minimum atomic E-state index is -0.531. The van der Waals surface area contributed by atoms with Gasteiger partial charge in [-0.2, -0.15) is 5.26 Å². The van der Waals surface area contributed by atoms with Gasteiger partial charge in [-0.25, -0.2) is 0 Å². The molecule has 35 heavy (non-hydrogen) atoms. The number of ether oxygens (including phenoxy) is 2. The Morgan fingerprint density at radius 1 is 1.14 bits per heavy atom. The molecule has 0 radical (unpaired) electrons. The van der Waals surface area contributed by atoms with Crippen molar-refractivity contribution in [3.05, 3.63) is 106 Å². The van der Waals surface area contributed by atoms with Gasteiger partial charge in [0.2, 0.25) is 0 Å². The number of anilines is 1. The van der Waals surface area contributed by atoms with E-state index in [0.717, 1.165) is 16.7 Å². The van der Waals surface area contributed by atoms with Gasteiger partial charge in [-0.15, -0.1) is 6.58 Å². The van der Waals surface area contributed by atoms with Gasteiger partial charge < -0.3 is 14.8 Å². The first-order chi connectivity index (χ1) is 16.8. The van der Waals surface area contributed by atoms with E-state index in [2.05, 4.69) is 11.9 Å². The Morgan fingerprint density at radius 2 is 1.89 bits per heavy atom. The molecule has 0 unspecified atom stereocenters. The molecule has 0 fully saturated rings. The number of hydrogen-bond acceptors (Lipinski definition) is 4. The first-order valence-electron chi connectivity index (χ1n) is 11.0. The highest BCUT2D eigenvalue weighted by Gasteiger charge is 2.15. The van der Waals surface area contributed by atoms with Crippen LogP contribution in [0.3, 0.4) is 0 Å². The molecule has 0 aliphatic carbocycles. The van der Waals surface area contributed by atoms with Gasteiger partial charge in [0.15, 0.2) is 11.5 Å². The lowest BCUT2D eigenvalue weighted by Crippen LogP contribution is -2.13. The molecule has 3 rings (SSSR count). The molecule has 0 aliphatic rings. The number of benzene rings is 3. The molecular weight excluding hydrogens is 460 g/mol. The summed E-state index contributed by atoms with van der Waals surface area (Å²) in [5.41, 5.74) is 5.03. The highest BCUT2D eigenvalue weighted by atomic mass is 35.5. The molecule has 0 aromatic heterocycles. The number of rotatable bonds is 9. The van der Waals surface area contributed by atoms with Crippen molar-refractivity contribution >= 4 is 29.3 Å². The third kappa shape index (κ3) is 6.75. The summed E-state index contributed by atoms with van der Waals surface area (Å²) in [4.78, 5) is 12.7. The summed E-state index contributed by atoms with van der Waals surface area (Å²) in [6.45, 7) is 8.12. The minimum absolute atomic E-state index is 0.0540. The van der Waals surface area contributed by atoms with Gasteiger partial charge in [0.25, 0.3) is 5.91 Å². The van der Waals surface area contributed by atoms with Crippen molar-refractivity contribution in [1.29, 1.82) is 5.26 Å². The number of halogens is 1. The topological polar surface area (TPSA) is 71.4 Å². The number of amides is 1. The number of methoxy groups -OCH3 is 1. The molecule has 0 saturated heterocycles. The summed E-state index contributed by atoms with van der Waals surface area (Å²) < 4.78 is 11.7. The number of allylic oxidation sites excluding steroid dienone is 1. The van der Waals surface area contributed by atoms with Crippen molar-refractivity contribution < 1.29 is 14.3 Å². The molecule has 0 spiro atoms. The maximum atomic E-state index is 12.7. The van der Waals surface area contributed by atoms with Gasteiger partial charge in [-0.05, 0) is 67.3 Å². The van der Waals surface area contributed by atoms with Crippen LogP contribution in [0, 0.1) is 25.2 Å². The molecule has 3 aromatic rings. The van der Waals surface area contributed by atoms with Gasteiger partial charge in [0.05, 0.1) is 7.11 Å². The van der Waals surface area contributed by atoms with E-state index < -0.39 is 5.91 Å². The summed E-state index contributed by atoms with van der Waals surface area (Å²) >= 11 is 6.14. The van der Waals surface area contributed by atoms with Gasteiger partial charge in [-0.1, -0.05) is 53.6 Å². The smallest absolute Gasteiger partial charge is 0.266 e. The number of carbonyl (C=O) groups excluding carboxylic acids is 1. The lowest BCUT2D eigenvalue weighted by Gasteiger charge is -2.16. The lowest BCUT2D eigenvalue weighted by atomic mass is 10.0. The third-order valence-electron chi connectivity index (χ3n) is 5.35. The molecule has 1 N–H and O–H groups in total. The molecule has 3 aromatic carbocycles. The number of nitrogens with one attached hydrogen (secondary N) is 1. The van der Waals surface area contributed by atoms with Gasteiger partial charge >= 0.3 is 0 Å². The van der Waals surface area contributed by atoms with E-state index in [1.807, 2.05) is 50.2 Å². The molecule has 6 heteroatoms. The van der Waals surface area contributed by atoms with Crippen LogP contribution in [0.25, 0.3) is 6.08 Å². The number of carbonyl (C=O) groups is 1. The third-order valence-corrected chi connectivity index (χ3v) is 5.76. The fourth-order valence-corrected chi connectivity index (χ4v) is 3.59. The zero-order chi connectivity index (χ0) is 25.4. The molecule has 0 aliphatic heterocycles. The van der Waals surface area contributed by atoms with E-state index in [1.54, 1.807) is 37.5 Å². The van der Waals surface area contributed by atoms with Gasteiger partial charge in [-0.3, -0.25) is 4.79 Å². The van der Waals surface area contributed by atoms with Gasteiger partial charge in [0.1, 0.15) is 18.2 Å². The van der Waals surface area contributed by atoms with Crippen LogP contribution in [-0.4, -0.2) is 13.0 Å². The zero-order valence-corrected chi connectivity index (χ0v) is 20.8. The lowest BCUT2D eigenvalue weighted by molar-refractivity contribution is -0.112. The fourth-order valence-electron chi connectivity index (χ4n) is 3.41. The number of hydrogen-bond donors (Lipinski definition) is 1. The predicted octanol–water partition coefficient (Wildman–Crippen LogP) is 6.82. The van der Waals surface area contributed by atoms with Crippen molar-refractivity contribution in [2.24, 2.45) is 0 Å². The van der Waals surface area contributed by atoms with Crippen LogP contribution in [0.4, 0.5) is 5.69 Å². The maximum Gasteiger partial charge on any atom is 0.266 e. The molecule has 1 amide bonds. The Balaban J connectivity index is 1.89. The molecule has 0 heterocycles. The van der Waals surface area contributed by atoms with Crippen molar-refractivity contribution in [1.82, 2.24) is 0 Å². The summed E-state index contributed by atoms with van der Waals surface area (Å²) in [6, 6.07) is 18.9. The Morgan fingerprint density at radius 3 is 2.51 bits per heavy atom. The van der Waals surface area contributed by atoms with E-state index in [1.165, 1.54) is 11.6 Å². The quantitative estimate of drug-likeness (QED) is 0.204. The van der Waals surface area contributed by atoms with Crippen molar-refractivity contribution in [3.63, 3.8) is 0 Å². The van der Waals surface area contributed by atoms with E-state index in [-0.39, 0.29) is 5.57 Å². The number of aryl methyl sites for hydroxylation is 2. The second-order valence-electron chi connectivity index (χ2n) is 8.07. The van der Waals surface area contributed by atoms with Crippen LogP contribution < -0.4 is 14.8 Å². The van der Waals surface area contributed by atoms with Crippen LogP contribution >= 0.6 is 11.6 Å². The first kappa shape index (κ1) is 25.6. The maximum absolute atomic E-state index is 12.7. The van der Waals surface area contributed by atoms with Crippen molar-refractivity contribution in [2.75, 3.05) is 12.4 Å². The van der Waals surface area contributed by atoms with E-state index >= 15 is 0 Å². The highest BCUT2D eigenvalue weighted by Crippen LogP contribution is 2.35. The number of nitriles is 1. The van der Waals surface area contributed by atoms with Crippen LogP contribution in [0.2, 0.25) is 5.02 Å². The molecule has 0 atom stereocenters. The molecule has 5 nitrogen and oxygen atoms in total. The Kier molecular flexibility index (Phi) is 8.72. The second kappa shape index (κ2) is 11.9.